The van der Waals surface area contributed by atoms with E-state index in [1.165, 1.54) is 12.8 Å². The monoisotopic (exact) mass is 166 g/mol. The molecule has 2 heterocycles. The Morgan fingerprint density at radius 1 is 1.58 bits per heavy atom. The summed E-state index contributed by atoms with van der Waals surface area (Å²) in [4.78, 5) is 0. The lowest BCUT2D eigenvalue weighted by atomic mass is 9.96. The van der Waals surface area contributed by atoms with E-state index in [1.54, 1.807) is 6.20 Å². The van der Waals surface area contributed by atoms with Crippen LogP contribution in [0.5, 0.6) is 0 Å². The van der Waals surface area contributed by atoms with Gasteiger partial charge in [-0.3, -0.25) is 5.10 Å². The lowest BCUT2D eigenvalue weighted by Gasteiger charge is -2.21. The van der Waals surface area contributed by atoms with E-state index in [1.807, 2.05) is 0 Å². The highest BCUT2D eigenvalue weighted by atomic mass is 15.1. The number of nitrogens with two attached hydrogens (primary N) is 1. The van der Waals surface area contributed by atoms with Gasteiger partial charge in [-0.2, -0.15) is 5.10 Å². The molecule has 1 aliphatic heterocycles. The molecular weight excluding hydrogens is 152 g/mol. The van der Waals surface area contributed by atoms with Crippen molar-refractivity contribution in [2.45, 2.75) is 18.8 Å². The van der Waals surface area contributed by atoms with Crippen LogP contribution < -0.4 is 11.1 Å². The lowest BCUT2D eigenvalue weighted by Crippen LogP contribution is -2.28. The summed E-state index contributed by atoms with van der Waals surface area (Å²) < 4.78 is 0. The van der Waals surface area contributed by atoms with Crippen LogP contribution in [0.3, 0.4) is 0 Å². The summed E-state index contributed by atoms with van der Waals surface area (Å²) in [6.45, 7) is 2.15. The largest absolute Gasteiger partial charge is 0.396 e. The van der Waals surface area contributed by atoms with E-state index in [-0.39, 0.29) is 0 Å². The van der Waals surface area contributed by atoms with Crippen molar-refractivity contribution in [1.29, 1.82) is 0 Å². The highest BCUT2D eigenvalue weighted by Crippen LogP contribution is 2.24. The maximum atomic E-state index is 5.75. The van der Waals surface area contributed by atoms with Crippen molar-refractivity contribution < 1.29 is 0 Å². The maximum absolute atomic E-state index is 5.75. The number of aromatic amines is 1. The van der Waals surface area contributed by atoms with E-state index in [2.05, 4.69) is 15.5 Å². The summed E-state index contributed by atoms with van der Waals surface area (Å²) in [6, 6.07) is 0. The Morgan fingerprint density at radius 2 is 2.50 bits per heavy atom. The van der Waals surface area contributed by atoms with Crippen molar-refractivity contribution in [1.82, 2.24) is 15.5 Å². The third-order valence-corrected chi connectivity index (χ3v) is 2.40. The van der Waals surface area contributed by atoms with Crippen molar-refractivity contribution >= 4 is 5.69 Å². The van der Waals surface area contributed by atoms with Crippen LogP contribution in [-0.4, -0.2) is 23.3 Å². The van der Waals surface area contributed by atoms with E-state index in [9.17, 15) is 0 Å². The first kappa shape index (κ1) is 7.61. The molecule has 1 atom stereocenters. The Balaban J connectivity index is 2.13. The Labute approximate surface area is 71.5 Å². The first-order valence-corrected chi connectivity index (χ1v) is 4.37. The summed E-state index contributed by atoms with van der Waals surface area (Å²) in [6.07, 6.45) is 4.12. The van der Waals surface area contributed by atoms with Crippen molar-refractivity contribution in [3.63, 3.8) is 0 Å². The second-order valence-electron chi connectivity index (χ2n) is 3.28. The summed E-state index contributed by atoms with van der Waals surface area (Å²) in [5.41, 5.74) is 7.64. The SMILES string of the molecule is Nc1cn[nH]c1[C@H]1CCCNC1. The minimum Gasteiger partial charge on any atom is -0.396 e. The number of nitrogens with one attached hydrogen (secondary N) is 2. The minimum absolute atomic E-state index is 0.529. The topological polar surface area (TPSA) is 66.7 Å². The molecule has 12 heavy (non-hydrogen) atoms. The highest BCUT2D eigenvalue weighted by molar-refractivity contribution is 5.42. The lowest BCUT2D eigenvalue weighted by molar-refractivity contribution is 0.455. The van der Waals surface area contributed by atoms with Gasteiger partial charge in [0.1, 0.15) is 0 Å². The first-order chi connectivity index (χ1) is 5.88. The van der Waals surface area contributed by atoms with Gasteiger partial charge in [-0.1, -0.05) is 0 Å². The summed E-state index contributed by atoms with van der Waals surface area (Å²) in [5, 5.41) is 10.2. The van der Waals surface area contributed by atoms with Crippen LogP contribution in [0.1, 0.15) is 24.5 Å². The number of nitrogen functional groups attached to an aromatic ring is 1. The average Bonchev–Trinajstić information content (AvgIpc) is 2.53. The van der Waals surface area contributed by atoms with Crippen LogP contribution in [0.25, 0.3) is 0 Å². The van der Waals surface area contributed by atoms with Crippen LogP contribution in [0, 0.1) is 0 Å². The Bertz CT molecular complexity index is 249. The fourth-order valence-corrected chi connectivity index (χ4v) is 1.73. The number of nitrogens with zero attached hydrogens (tertiary/aromatic N) is 1. The molecule has 0 aromatic carbocycles. The fraction of sp³-hybridized carbons (Fsp3) is 0.625. The molecule has 0 amide bonds. The Hall–Kier alpha value is -1.03. The van der Waals surface area contributed by atoms with Crippen molar-refractivity contribution in [3.05, 3.63) is 11.9 Å². The number of aromatic nitrogens is 2. The van der Waals surface area contributed by atoms with Crippen LogP contribution in [-0.2, 0) is 0 Å². The van der Waals surface area contributed by atoms with Gasteiger partial charge >= 0.3 is 0 Å². The quantitative estimate of drug-likeness (QED) is 0.567. The molecule has 1 fully saturated rings. The summed E-state index contributed by atoms with van der Waals surface area (Å²) >= 11 is 0. The third kappa shape index (κ3) is 1.30. The second-order valence-corrected chi connectivity index (χ2v) is 3.28. The Kier molecular flexibility index (Phi) is 1.99. The van der Waals surface area contributed by atoms with Gasteiger partial charge in [0, 0.05) is 12.5 Å². The fourth-order valence-electron chi connectivity index (χ4n) is 1.73. The number of anilines is 1. The normalized spacial score (nSPS) is 24.2. The zero-order chi connectivity index (χ0) is 8.39. The standard InChI is InChI=1S/C8H14N4/c9-7-5-11-12-8(7)6-2-1-3-10-4-6/h5-6,10H,1-4,9H2,(H,11,12)/t6-/m0/s1. The van der Waals surface area contributed by atoms with E-state index >= 15 is 0 Å². The van der Waals surface area contributed by atoms with Gasteiger partial charge in [-0.25, -0.2) is 0 Å². The van der Waals surface area contributed by atoms with E-state index < -0.39 is 0 Å². The van der Waals surface area contributed by atoms with E-state index in [0.29, 0.717) is 5.92 Å². The molecule has 0 saturated carbocycles. The molecule has 1 saturated heterocycles. The molecule has 4 N–H and O–H groups in total. The van der Waals surface area contributed by atoms with Gasteiger partial charge in [0.15, 0.2) is 0 Å². The molecule has 4 heteroatoms. The van der Waals surface area contributed by atoms with Gasteiger partial charge < -0.3 is 11.1 Å². The van der Waals surface area contributed by atoms with Gasteiger partial charge in [-0.05, 0) is 19.4 Å². The van der Waals surface area contributed by atoms with Crippen molar-refractivity contribution in [2.75, 3.05) is 18.8 Å². The first-order valence-electron chi connectivity index (χ1n) is 4.37. The van der Waals surface area contributed by atoms with Gasteiger partial charge in [0.2, 0.25) is 0 Å². The number of hydrogen-bond acceptors (Lipinski definition) is 3. The molecule has 0 spiro atoms. The molecule has 0 radical (unpaired) electrons. The van der Waals surface area contributed by atoms with Crippen LogP contribution >= 0.6 is 0 Å². The van der Waals surface area contributed by atoms with Crippen LogP contribution in [0.15, 0.2) is 6.20 Å². The number of piperidine rings is 1. The molecule has 1 aromatic rings. The Morgan fingerprint density at radius 3 is 3.08 bits per heavy atom. The van der Waals surface area contributed by atoms with Crippen molar-refractivity contribution in [2.24, 2.45) is 0 Å². The number of hydrogen-bond donors (Lipinski definition) is 3. The van der Waals surface area contributed by atoms with Crippen LogP contribution in [0.2, 0.25) is 0 Å². The summed E-state index contributed by atoms with van der Waals surface area (Å²) in [5.74, 6) is 0.529. The molecule has 1 aliphatic rings. The molecule has 0 aliphatic carbocycles. The zero-order valence-corrected chi connectivity index (χ0v) is 7.01. The number of rotatable bonds is 1. The van der Waals surface area contributed by atoms with Crippen molar-refractivity contribution in [3.8, 4) is 0 Å². The van der Waals surface area contributed by atoms with E-state index in [4.69, 9.17) is 5.73 Å². The highest BCUT2D eigenvalue weighted by Gasteiger charge is 2.18. The predicted octanol–water partition coefficient (Wildman–Crippen LogP) is 0.459. The number of H-pyrrole nitrogens is 1. The van der Waals surface area contributed by atoms with E-state index in [0.717, 1.165) is 24.5 Å². The van der Waals surface area contributed by atoms with Gasteiger partial charge in [0.25, 0.3) is 0 Å². The summed E-state index contributed by atoms with van der Waals surface area (Å²) in [7, 11) is 0. The predicted molar refractivity (Wildman–Crippen MR) is 47.8 cm³/mol. The smallest absolute Gasteiger partial charge is 0.0733 e. The molecule has 4 nitrogen and oxygen atoms in total. The molecule has 0 unspecified atom stereocenters. The maximum Gasteiger partial charge on any atom is 0.0733 e. The average molecular weight is 166 g/mol. The molecule has 2 rings (SSSR count). The molecule has 66 valence electrons. The van der Waals surface area contributed by atoms with Gasteiger partial charge in [-0.15, -0.1) is 0 Å². The minimum atomic E-state index is 0.529. The second kappa shape index (κ2) is 3.15. The zero-order valence-electron chi connectivity index (χ0n) is 7.01. The van der Waals surface area contributed by atoms with Gasteiger partial charge in [0.05, 0.1) is 17.6 Å². The third-order valence-electron chi connectivity index (χ3n) is 2.40. The van der Waals surface area contributed by atoms with Crippen LogP contribution in [0.4, 0.5) is 5.69 Å². The molecular formula is C8H14N4. The molecule has 0 bridgehead atoms. The molecule has 1 aromatic heterocycles.